The molecule has 1 amide bonds. The minimum absolute atomic E-state index is 0.0441. The van der Waals surface area contributed by atoms with Gasteiger partial charge in [-0.15, -0.1) is 11.3 Å². The zero-order valence-corrected chi connectivity index (χ0v) is 20.3. The molecule has 1 saturated carbocycles. The molecule has 0 radical (unpaired) electrons. The summed E-state index contributed by atoms with van der Waals surface area (Å²) in [6.07, 6.45) is 5.99. The maximum Gasteiger partial charge on any atom is 0.291 e. The van der Waals surface area contributed by atoms with Crippen LogP contribution in [0.1, 0.15) is 57.7 Å². The molecular weight excluding hydrogens is 478 g/mol. The Morgan fingerprint density at radius 2 is 2.10 bits per heavy atom. The SMILES string of the molecule is CC(C)c1nn(CC(=O)N[C@@H]2CCCN(C3CCC3)C2)c(=O)c2cc3cc(Br)sc3n12. The molecule has 0 unspecified atom stereocenters. The van der Waals surface area contributed by atoms with Crippen molar-refractivity contribution in [2.75, 3.05) is 13.1 Å². The number of hydrogen-bond donors (Lipinski definition) is 1. The molecule has 1 aliphatic carbocycles. The van der Waals surface area contributed by atoms with Gasteiger partial charge in [0.05, 0.1) is 3.79 Å². The lowest BCUT2D eigenvalue weighted by molar-refractivity contribution is -0.123. The number of fused-ring (bicyclic) bond motifs is 3. The molecule has 0 bridgehead atoms. The first-order valence-corrected chi connectivity index (χ1v) is 12.8. The molecule has 5 rings (SSSR count). The Morgan fingerprint density at radius 1 is 1.29 bits per heavy atom. The second-order valence-corrected chi connectivity index (χ2v) is 11.5. The van der Waals surface area contributed by atoms with Crippen molar-refractivity contribution < 1.29 is 4.79 Å². The minimum Gasteiger partial charge on any atom is -0.350 e. The van der Waals surface area contributed by atoms with E-state index >= 15 is 0 Å². The highest BCUT2D eigenvalue weighted by molar-refractivity contribution is 9.11. The van der Waals surface area contributed by atoms with Crippen LogP contribution in [0, 0.1) is 0 Å². The van der Waals surface area contributed by atoms with E-state index in [4.69, 9.17) is 0 Å². The van der Waals surface area contributed by atoms with Gasteiger partial charge in [0.1, 0.15) is 22.7 Å². The third kappa shape index (κ3) is 3.96. The van der Waals surface area contributed by atoms with E-state index in [-0.39, 0.29) is 30.0 Å². The molecule has 7 nitrogen and oxygen atoms in total. The Bertz CT molecular complexity index is 1190. The summed E-state index contributed by atoms with van der Waals surface area (Å²) in [5.41, 5.74) is 0.355. The number of nitrogens with one attached hydrogen (secondary N) is 1. The summed E-state index contributed by atoms with van der Waals surface area (Å²) in [6.45, 7) is 6.12. The first kappa shape index (κ1) is 21.2. The quantitative estimate of drug-likeness (QED) is 0.573. The van der Waals surface area contributed by atoms with Gasteiger partial charge in [0, 0.05) is 29.9 Å². The van der Waals surface area contributed by atoms with Crippen molar-refractivity contribution in [3.8, 4) is 0 Å². The molecule has 2 fully saturated rings. The predicted octanol–water partition coefficient (Wildman–Crippen LogP) is 3.73. The van der Waals surface area contributed by atoms with E-state index in [0.29, 0.717) is 11.6 Å². The Kier molecular flexibility index (Phi) is 5.68. The lowest BCUT2D eigenvalue weighted by Gasteiger charge is -2.42. The summed E-state index contributed by atoms with van der Waals surface area (Å²) < 4.78 is 4.31. The van der Waals surface area contributed by atoms with Crippen LogP contribution in [0.15, 0.2) is 20.7 Å². The number of carbonyl (C=O) groups is 1. The molecule has 166 valence electrons. The molecule has 31 heavy (non-hydrogen) atoms. The Morgan fingerprint density at radius 3 is 2.81 bits per heavy atom. The van der Waals surface area contributed by atoms with E-state index in [1.807, 2.05) is 16.5 Å². The lowest BCUT2D eigenvalue weighted by atomic mass is 9.89. The number of likely N-dealkylation sites (tertiary alicyclic amines) is 1. The summed E-state index contributed by atoms with van der Waals surface area (Å²) in [5.74, 6) is 0.772. The smallest absolute Gasteiger partial charge is 0.291 e. The van der Waals surface area contributed by atoms with Crippen molar-refractivity contribution in [3.63, 3.8) is 0 Å². The van der Waals surface area contributed by atoms with Gasteiger partial charge in [0.2, 0.25) is 5.91 Å². The van der Waals surface area contributed by atoms with Gasteiger partial charge in [-0.3, -0.25) is 18.9 Å². The average molecular weight is 506 g/mol. The summed E-state index contributed by atoms with van der Waals surface area (Å²) in [7, 11) is 0. The van der Waals surface area contributed by atoms with Crippen LogP contribution in [0.3, 0.4) is 0 Å². The predicted molar refractivity (Wildman–Crippen MR) is 127 cm³/mol. The lowest BCUT2D eigenvalue weighted by Crippen LogP contribution is -2.53. The summed E-state index contributed by atoms with van der Waals surface area (Å²) in [6, 6.07) is 4.77. The van der Waals surface area contributed by atoms with Gasteiger partial charge in [-0.1, -0.05) is 20.3 Å². The van der Waals surface area contributed by atoms with Crippen LogP contribution >= 0.6 is 27.3 Å². The number of piperidine rings is 1. The molecule has 0 aromatic carbocycles. The first-order chi connectivity index (χ1) is 14.9. The summed E-state index contributed by atoms with van der Waals surface area (Å²) >= 11 is 5.12. The Labute approximate surface area is 193 Å². The third-order valence-electron chi connectivity index (χ3n) is 6.57. The average Bonchev–Trinajstić information content (AvgIpc) is 3.19. The molecule has 1 atom stereocenters. The normalized spacial score (nSPS) is 20.6. The van der Waals surface area contributed by atoms with Gasteiger partial charge in [0.15, 0.2) is 0 Å². The van der Waals surface area contributed by atoms with Crippen LogP contribution in [0.25, 0.3) is 15.7 Å². The van der Waals surface area contributed by atoms with Crippen molar-refractivity contribution >= 4 is 48.9 Å². The maximum absolute atomic E-state index is 13.2. The van der Waals surface area contributed by atoms with Crippen molar-refractivity contribution in [2.45, 2.75) is 70.5 Å². The number of thiophene rings is 1. The van der Waals surface area contributed by atoms with Crippen LogP contribution in [-0.4, -0.2) is 50.2 Å². The molecule has 1 N–H and O–H groups in total. The standard InChI is InChI=1S/C22H28BrN5O2S/c1-13(2)20-25-27(21(30)17-9-14-10-18(23)31-22(14)28(17)20)12-19(29)24-15-5-4-8-26(11-15)16-6-3-7-16/h9-10,13,15-16H,3-8,11-12H2,1-2H3,(H,24,29)/t15-/m1/s1. The van der Waals surface area contributed by atoms with Gasteiger partial charge in [-0.2, -0.15) is 5.10 Å². The fraction of sp³-hybridized carbons (Fsp3) is 0.591. The molecule has 3 aromatic rings. The van der Waals surface area contributed by atoms with Crippen LogP contribution in [-0.2, 0) is 11.3 Å². The molecular formula is C22H28BrN5O2S. The fourth-order valence-electron chi connectivity index (χ4n) is 4.79. The highest BCUT2D eigenvalue weighted by Gasteiger charge is 2.30. The number of aromatic nitrogens is 3. The number of nitrogens with zero attached hydrogens (tertiary/aromatic N) is 4. The largest absolute Gasteiger partial charge is 0.350 e. The maximum atomic E-state index is 13.2. The number of hydrogen-bond acceptors (Lipinski definition) is 5. The van der Waals surface area contributed by atoms with E-state index in [1.54, 1.807) is 11.3 Å². The van der Waals surface area contributed by atoms with Gasteiger partial charge >= 0.3 is 0 Å². The molecule has 2 aliphatic rings. The topological polar surface area (TPSA) is 71.6 Å². The van der Waals surface area contributed by atoms with E-state index in [0.717, 1.165) is 45.8 Å². The highest BCUT2D eigenvalue weighted by atomic mass is 79.9. The zero-order chi connectivity index (χ0) is 21.7. The molecule has 0 spiro atoms. The monoisotopic (exact) mass is 505 g/mol. The van der Waals surface area contributed by atoms with Crippen molar-refractivity contribution in [3.05, 3.63) is 32.1 Å². The van der Waals surface area contributed by atoms with Crippen LogP contribution < -0.4 is 10.9 Å². The Hall–Kier alpha value is -1.71. The van der Waals surface area contributed by atoms with Crippen LogP contribution in [0.4, 0.5) is 0 Å². The van der Waals surface area contributed by atoms with Crippen molar-refractivity contribution in [2.24, 2.45) is 0 Å². The molecule has 1 saturated heterocycles. The molecule has 1 aliphatic heterocycles. The van der Waals surface area contributed by atoms with E-state index in [2.05, 4.69) is 45.1 Å². The number of rotatable bonds is 5. The van der Waals surface area contributed by atoms with Gasteiger partial charge in [-0.05, 0) is 60.3 Å². The first-order valence-electron chi connectivity index (χ1n) is 11.2. The fourth-order valence-corrected chi connectivity index (χ4v) is 6.39. The van der Waals surface area contributed by atoms with Gasteiger partial charge in [-0.25, -0.2) is 4.68 Å². The Balaban J connectivity index is 1.39. The molecule has 3 aromatic heterocycles. The highest BCUT2D eigenvalue weighted by Crippen LogP contribution is 2.33. The number of amides is 1. The van der Waals surface area contributed by atoms with E-state index in [1.165, 1.54) is 23.9 Å². The van der Waals surface area contributed by atoms with Crippen molar-refractivity contribution in [1.82, 2.24) is 24.4 Å². The van der Waals surface area contributed by atoms with Gasteiger partial charge in [0.25, 0.3) is 5.56 Å². The second kappa shape index (κ2) is 8.33. The minimum atomic E-state index is -0.223. The summed E-state index contributed by atoms with van der Waals surface area (Å²) in [4.78, 5) is 29.5. The zero-order valence-electron chi connectivity index (χ0n) is 17.9. The third-order valence-corrected chi connectivity index (χ3v) is 8.21. The van der Waals surface area contributed by atoms with E-state index in [9.17, 15) is 9.59 Å². The molecule has 9 heteroatoms. The number of halogens is 1. The van der Waals surface area contributed by atoms with Crippen LogP contribution in [0.5, 0.6) is 0 Å². The second-order valence-electron chi connectivity index (χ2n) is 9.14. The number of carbonyl (C=O) groups excluding carboxylic acids is 1. The molecule has 4 heterocycles. The van der Waals surface area contributed by atoms with E-state index < -0.39 is 0 Å². The van der Waals surface area contributed by atoms with Gasteiger partial charge < -0.3 is 5.32 Å². The summed E-state index contributed by atoms with van der Waals surface area (Å²) in [5, 5.41) is 8.79. The van der Waals surface area contributed by atoms with Crippen LogP contribution in [0.2, 0.25) is 0 Å². The van der Waals surface area contributed by atoms with Crippen molar-refractivity contribution in [1.29, 1.82) is 0 Å².